The molecule has 2 atom stereocenters. The molecule has 0 aliphatic rings. The summed E-state index contributed by atoms with van der Waals surface area (Å²) < 4.78 is 1.17. The summed E-state index contributed by atoms with van der Waals surface area (Å²) in [6.07, 6.45) is 2.01. The molecule has 17 heavy (non-hydrogen) atoms. The first-order chi connectivity index (χ1) is 7.93. The summed E-state index contributed by atoms with van der Waals surface area (Å²) in [5.74, 6) is 5.74. The molecule has 1 heterocycles. The van der Waals surface area contributed by atoms with Crippen LogP contribution in [-0.2, 0) is 6.42 Å². The van der Waals surface area contributed by atoms with Gasteiger partial charge in [-0.05, 0) is 55.5 Å². The molecule has 0 radical (unpaired) electrons. The molecule has 0 saturated carbocycles. The predicted molar refractivity (Wildman–Crippen MR) is 79.2 cm³/mol. The first-order valence-corrected chi connectivity index (χ1v) is 7.42. The Hall–Kier alpha value is 0.0600. The van der Waals surface area contributed by atoms with E-state index in [1.54, 1.807) is 11.3 Å². The van der Waals surface area contributed by atoms with Gasteiger partial charge in [0, 0.05) is 22.9 Å². The van der Waals surface area contributed by atoms with Gasteiger partial charge in [0.2, 0.25) is 0 Å². The fourth-order valence-electron chi connectivity index (χ4n) is 2.00. The van der Waals surface area contributed by atoms with Crippen LogP contribution < -0.4 is 11.3 Å². The van der Waals surface area contributed by atoms with Gasteiger partial charge < -0.3 is 4.90 Å². The van der Waals surface area contributed by atoms with E-state index in [-0.39, 0.29) is 11.6 Å². The Morgan fingerprint density at radius 1 is 1.53 bits per heavy atom. The van der Waals surface area contributed by atoms with Crippen LogP contribution in [0.15, 0.2) is 15.9 Å². The molecule has 0 amide bonds. The Bertz CT molecular complexity index is 353. The smallest absolute Gasteiger partial charge is 0.0701 e. The van der Waals surface area contributed by atoms with Gasteiger partial charge in [-0.2, -0.15) is 0 Å². The molecule has 3 nitrogen and oxygen atoms in total. The van der Waals surface area contributed by atoms with Crippen LogP contribution in [0.3, 0.4) is 0 Å². The normalized spacial score (nSPS) is 17.1. The Morgan fingerprint density at radius 2 is 2.18 bits per heavy atom. The summed E-state index contributed by atoms with van der Waals surface area (Å²) in [5, 5.41) is 0. The maximum absolute atomic E-state index is 5.74. The molecular weight excluding hydrogens is 298 g/mol. The minimum Gasteiger partial charge on any atom is -0.302 e. The van der Waals surface area contributed by atoms with E-state index in [0.29, 0.717) is 0 Å². The average molecular weight is 320 g/mol. The van der Waals surface area contributed by atoms with Crippen molar-refractivity contribution >= 4 is 27.3 Å². The lowest BCUT2D eigenvalue weighted by atomic mass is 9.86. The molecule has 0 bridgehead atoms. The van der Waals surface area contributed by atoms with Crippen molar-refractivity contribution in [2.75, 3.05) is 14.1 Å². The lowest BCUT2D eigenvalue weighted by Crippen LogP contribution is -2.59. The first-order valence-electron chi connectivity index (χ1n) is 5.81. The van der Waals surface area contributed by atoms with Gasteiger partial charge in [-0.3, -0.25) is 11.3 Å². The van der Waals surface area contributed by atoms with Gasteiger partial charge in [-0.1, -0.05) is 6.92 Å². The first kappa shape index (κ1) is 15.1. The van der Waals surface area contributed by atoms with Crippen LogP contribution in [0.1, 0.15) is 25.1 Å². The van der Waals surface area contributed by atoms with Gasteiger partial charge in [-0.25, -0.2) is 0 Å². The minimum absolute atomic E-state index is 0.0607. The van der Waals surface area contributed by atoms with E-state index in [2.05, 4.69) is 66.3 Å². The number of likely N-dealkylation sites (N-methyl/N-ethyl adjacent to an activating group) is 1. The number of rotatable bonds is 6. The highest BCUT2D eigenvalue weighted by molar-refractivity contribution is 9.11. The van der Waals surface area contributed by atoms with Crippen molar-refractivity contribution in [2.45, 2.75) is 38.3 Å². The Balaban J connectivity index is 2.83. The molecule has 3 N–H and O–H groups in total. The molecule has 1 rings (SSSR count). The number of nitrogens with two attached hydrogens (primary N) is 1. The third-order valence-corrected chi connectivity index (χ3v) is 5.37. The van der Waals surface area contributed by atoms with Gasteiger partial charge in [0.25, 0.3) is 0 Å². The molecule has 98 valence electrons. The Labute approximate surface area is 116 Å². The second kappa shape index (κ2) is 6.29. The van der Waals surface area contributed by atoms with Crippen molar-refractivity contribution in [3.05, 3.63) is 20.8 Å². The zero-order valence-corrected chi connectivity index (χ0v) is 13.4. The topological polar surface area (TPSA) is 41.3 Å². The third-order valence-electron chi connectivity index (χ3n) is 3.72. The van der Waals surface area contributed by atoms with Crippen LogP contribution >= 0.6 is 27.3 Å². The highest BCUT2D eigenvalue weighted by atomic mass is 79.9. The van der Waals surface area contributed by atoms with Crippen molar-refractivity contribution < 1.29 is 0 Å². The largest absolute Gasteiger partial charge is 0.302 e. The minimum atomic E-state index is 0.0607. The molecule has 2 unspecified atom stereocenters. The molecule has 0 aromatic carbocycles. The van der Waals surface area contributed by atoms with Crippen molar-refractivity contribution in [2.24, 2.45) is 5.84 Å². The maximum atomic E-state index is 5.74. The van der Waals surface area contributed by atoms with Crippen LogP contribution in [0.4, 0.5) is 0 Å². The molecule has 0 aliphatic heterocycles. The summed E-state index contributed by atoms with van der Waals surface area (Å²) in [4.78, 5) is 3.60. The van der Waals surface area contributed by atoms with Crippen molar-refractivity contribution in [3.8, 4) is 0 Å². The quantitative estimate of drug-likeness (QED) is 0.625. The zero-order valence-electron chi connectivity index (χ0n) is 11.0. The summed E-state index contributed by atoms with van der Waals surface area (Å²) in [5.41, 5.74) is 3.04. The van der Waals surface area contributed by atoms with Crippen LogP contribution in [-0.4, -0.2) is 30.6 Å². The molecule has 0 aliphatic carbocycles. The summed E-state index contributed by atoms with van der Waals surface area (Å²) in [6, 6.07) is 4.49. The average Bonchev–Trinajstić information content (AvgIpc) is 2.70. The van der Waals surface area contributed by atoms with E-state index in [0.717, 1.165) is 12.8 Å². The fraction of sp³-hybridized carbons (Fsp3) is 0.667. The number of nitrogens with one attached hydrogen (secondary N) is 1. The number of hydrogen-bond acceptors (Lipinski definition) is 4. The fourth-order valence-corrected chi connectivity index (χ4v) is 3.52. The van der Waals surface area contributed by atoms with Crippen LogP contribution in [0.5, 0.6) is 0 Å². The molecule has 0 saturated heterocycles. The molecule has 1 aromatic heterocycles. The SMILES string of the molecule is CCC(C)(C(Cc1ccc(Br)s1)NN)N(C)C. The monoisotopic (exact) mass is 319 g/mol. The maximum Gasteiger partial charge on any atom is 0.0701 e. The Kier molecular flexibility index (Phi) is 5.60. The van der Waals surface area contributed by atoms with E-state index >= 15 is 0 Å². The Morgan fingerprint density at radius 3 is 2.53 bits per heavy atom. The zero-order chi connectivity index (χ0) is 13.1. The van der Waals surface area contributed by atoms with Crippen LogP contribution in [0, 0.1) is 0 Å². The standard InChI is InChI=1S/C12H22BrN3S/c1-5-12(2,16(3)4)10(15-14)8-9-6-7-11(13)17-9/h6-7,10,15H,5,8,14H2,1-4H3. The summed E-state index contributed by atoms with van der Waals surface area (Å²) >= 11 is 5.27. The van der Waals surface area contributed by atoms with Crippen molar-refractivity contribution in [1.82, 2.24) is 10.3 Å². The number of hydrogen-bond donors (Lipinski definition) is 2. The van der Waals surface area contributed by atoms with Gasteiger partial charge in [-0.15, -0.1) is 11.3 Å². The van der Waals surface area contributed by atoms with Gasteiger partial charge in [0.15, 0.2) is 0 Å². The van der Waals surface area contributed by atoms with Crippen molar-refractivity contribution in [1.29, 1.82) is 0 Å². The van der Waals surface area contributed by atoms with E-state index in [1.165, 1.54) is 8.66 Å². The second-order valence-electron chi connectivity index (χ2n) is 4.73. The lowest BCUT2D eigenvalue weighted by Gasteiger charge is -2.42. The third kappa shape index (κ3) is 3.51. The molecule has 1 aromatic rings. The van der Waals surface area contributed by atoms with Crippen molar-refractivity contribution in [3.63, 3.8) is 0 Å². The summed E-state index contributed by atoms with van der Waals surface area (Å²) in [7, 11) is 4.22. The lowest BCUT2D eigenvalue weighted by molar-refractivity contribution is 0.113. The number of nitrogens with zero attached hydrogens (tertiary/aromatic N) is 1. The van der Waals surface area contributed by atoms with Crippen LogP contribution in [0.2, 0.25) is 0 Å². The van der Waals surface area contributed by atoms with Crippen LogP contribution in [0.25, 0.3) is 0 Å². The molecular formula is C12H22BrN3S. The van der Waals surface area contributed by atoms with E-state index in [1.807, 2.05) is 0 Å². The van der Waals surface area contributed by atoms with Gasteiger partial charge >= 0.3 is 0 Å². The predicted octanol–water partition coefficient (Wildman–Crippen LogP) is 2.62. The molecule has 0 spiro atoms. The summed E-state index contributed by atoms with van der Waals surface area (Å²) in [6.45, 7) is 4.45. The number of halogens is 1. The van der Waals surface area contributed by atoms with Gasteiger partial charge in [0.05, 0.1) is 3.79 Å². The van der Waals surface area contributed by atoms with E-state index in [4.69, 9.17) is 5.84 Å². The van der Waals surface area contributed by atoms with E-state index in [9.17, 15) is 0 Å². The molecule has 5 heteroatoms. The molecule has 0 fully saturated rings. The second-order valence-corrected chi connectivity index (χ2v) is 7.28. The highest BCUT2D eigenvalue weighted by Crippen LogP contribution is 2.28. The van der Waals surface area contributed by atoms with Gasteiger partial charge in [0.1, 0.15) is 0 Å². The number of thiophene rings is 1. The highest BCUT2D eigenvalue weighted by Gasteiger charge is 2.34. The number of hydrazine groups is 1. The van der Waals surface area contributed by atoms with E-state index < -0.39 is 0 Å².